The van der Waals surface area contributed by atoms with Crippen LogP contribution in [0.2, 0.25) is 0 Å². The monoisotopic (exact) mass is 485 g/mol. The molecule has 11 heteroatoms. The van der Waals surface area contributed by atoms with Crippen LogP contribution in [0.5, 0.6) is 5.75 Å². The molecule has 1 aliphatic rings. The molecule has 33 heavy (non-hydrogen) atoms. The summed E-state index contributed by atoms with van der Waals surface area (Å²) in [6.07, 6.45) is -4.45. The van der Waals surface area contributed by atoms with E-state index in [2.05, 4.69) is 5.32 Å². The molecule has 0 atom stereocenters. The van der Waals surface area contributed by atoms with E-state index in [0.29, 0.717) is 5.69 Å². The highest BCUT2D eigenvalue weighted by Crippen LogP contribution is 2.32. The first-order chi connectivity index (χ1) is 15.4. The van der Waals surface area contributed by atoms with Crippen molar-refractivity contribution >= 4 is 21.6 Å². The highest BCUT2D eigenvalue weighted by molar-refractivity contribution is 7.89. The second kappa shape index (κ2) is 9.60. The number of methoxy groups -OCH3 is 1. The highest BCUT2D eigenvalue weighted by atomic mass is 32.2. The first kappa shape index (κ1) is 24.8. The van der Waals surface area contributed by atoms with Gasteiger partial charge in [-0.1, -0.05) is 6.07 Å². The van der Waals surface area contributed by atoms with Crippen molar-refractivity contribution in [2.75, 3.05) is 38.2 Å². The van der Waals surface area contributed by atoms with Crippen molar-refractivity contribution in [3.8, 4) is 5.75 Å². The van der Waals surface area contributed by atoms with Gasteiger partial charge in [0.2, 0.25) is 10.0 Å². The number of alkyl halides is 3. The first-order valence-corrected chi connectivity index (χ1v) is 11.8. The van der Waals surface area contributed by atoms with Crippen LogP contribution in [-0.4, -0.2) is 58.0 Å². The fraction of sp³-hybridized carbons (Fsp3) is 0.409. The number of carbonyl (C=O) groups excluding carboxylic acids is 1. The van der Waals surface area contributed by atoms with Gasteiger partial charge in [-0.25, -0.2) is 8.42 Å². The normalized spacial score (nSPS) is 15.5. The Kier molecular flexibility index (Phi) is 7.23. The molecule has 7 nitrogen and oxygen atoms in total. The molecule has 0 saturated carbocycles. The van der Waals surface area contributed by atoms with Gasteiger partial charge in [0.15, 0.2) is 0 Å². The molecule has 1 N–H and O–H groups in total. The lowest BCUT2D eigenvalue weighted by atomic mass is 10.1. The molecule has 0 spiro atoms. The van der Waals surface area contributed by atoms with Gasteiger partial charge in [-0.15, -0.1) is 0 Å². The van der Waals surface area contributed by atoms with E-state index in [1.165, 1.54) is 35.7 Å². The second-order valence-corrected chi connectivity index (χ2v) is 9.87. The predicted octanol–water partition coefficient (Wildman–Crippen LogP) is 3.36. The molecule has 180 valence electrons. The first-order valence-electron chi connectivity index (χ1n) is 10.3. The van der Waals surface area contributed by atoms with Crippen LogP contribution in [0.15, 0.2) is 47.4 Å². The molecule has 0 radical (unpaired) electrons. The maximum atomic E-state index is 13.2. The topological polar surface area (TPSA) is 79.0 Å². The molecule has 2 aromatic rings. The minimum atomic E-state index is -4.45. The molecule has 0 aliphatic carbocycles. The number of hydrogen-bond donors (Lipinski definition) is 1. The minimum absolute atomic E-state index is 0.0512. The largest absolute Gasteiger partial charge is 0.496 e. The van der Waals surface area contributed by atoms with Crippen LogP contribution in [-0.2, 0) is 16.2 Å². The van der Waals surface area contributed by atoms with E-state index >= 15 is 0 Å². The Morgan fingerprint density at radius 2 is 1.73 bits per heavy atom. The van der Waals surface area contributed by atoms with Crippen LogP contribution in [0, 0.1) is 0 Å². The summed E-state index contributed by atoms with van der Waals surface area (Å²) in [6.45, 7) is 4.23. The third-order valence-electron chi connectivity index (χ3n) is 5.25. The zero-order valence-corrected chi connectivity index (χ0v) is 19.3. The summed E-state index contributed by atoms with van der Waals surface area (Å²) in [5.41, 5.74) is -0.255. The number of sulfonamides is 1. The summed E-state index contributed by atoms with van der Waals surface area (Å²) in [7, 11) is -2.53. The molecule has 0 unspecified atom stereocenters. The number of carbonyl (C=O) groups is 1. The number of anilines is 1. The molecule has 1 saturated heterocycles. The Hall–Kier alpha value is -2.79. The number of ether oxygens (including phenoxy) is 1. The Labute approximate surface area is 191 Å². The number of nitrogens with one attached hydrogen (secondary N) is 1. The van der Waals surface area contributed by atoms with Gasteiger partial charge in [-0.2, -0.15) is 17.5 Å². The van der Waals surface area contributed by atoms with Crippen molar-refractivity contribution in [3.05, 3.63) is 53.6 Å². The summed E-state index contributed by atoms with van der Waals surface area (Å²) >= 11 is 0. The lowest BCUT2D eigenvalue weighted by molar-refractivity contribution is -0.137. The predicted molar refractivity (Wildman–Crippen MR) is 118 cm³/mol. The van der Waals surface area contributed by atoms with E-state index < -0.39 is 27.7 Å². The molecule has 2 aromatic carbocycles. The summed E-state index contributed by atoms with van der Waals surface area (Å²) in [5.74, 6) is -0.199. The number of nitrogens with zero attached hydrogens (tertiary/aromatic N) is 2. The molecule has 1 amide bonds. The Morgan fingerprint density at radius 1 is 1.06 bits per heavy atom. The fourth-order valence-corrected chi connectivity index (χ4v) is 5.03. The van der Waals surface area contributed by atoms with E-state index in [0.717, 1.165) is 12.1 Å². The zero-order chi connectivity index (χ0) is 24.4. The maximum absolute atomic E-state index is 13.2. The summed E-state index contributed by atoms with van der Waals surface area (Å²) in [4.78, 5) is 14.2. The van der Waals surface area contributed by atoms with E-state index in [1.54, 1.807) is 24.8 Å². The van der Waals surface area contributed by atoms with Gasteiger partial charge in [-0.3, -0.25) is 4.79 Å². The quantitative estimate of drug-likeness (QED) is 0.679. The van der Waals surface area contributed by atoms with Gasteiger partial charge < -0.3 is 15.0 Å². The van der Waals surface area contributed by atoms with E-state index in [1.807, 2.05) is 0 Å². The number of hydrogen-bond acceptors (Lipinski definition) is 5. The summed E-state index contributed by atoms with van der Waals surface area (Å²) in [6, 6.07) is 8.91. The molecule has 0 bridgehead atoms. The Morgan fingerprint density at radius 3 is 2.30 bits per heavy atom. The lowest BCUT2D eigenvalue weighted by Gasteiger charge is -2.35. The van der Waals surface area contributed by atoms with Crippen LogP contribution >= 0.6 is 0 Å². The van der Waals surface area contributed by atoms with Gasteiger partial charge in [0, 0.05) is 37.9 Å². The van der Waals surface area contributed by atoms with Crippen molar-refractivity contribution in [2.24, 2.45) is 0 Å². The van der Waals surface area contributed by atoms with Crippen LogP contribution in [0.1, 0.15) is 29.8 Å². The molecule has 1 aliphatic heterocycles. The van der Waals surface area contributed by atoms with Crippen LogP contribution < -0.4 is 15.0 Å². The van der Waals surface area contributed by atoms with Crippen LogP contribution in [0.25, 0.3) is 0 Å². The Bertz CT molecular complexity index is 1110. The third kappa shape index (κ3) is 5.59. The van der Waals surface area contributed by atoms with E-state index in [4.69, 9.17) is 4.74 Å². The minimum Gasteiger partial charge on any atom is -0.496 e. The van der Waals surface area contributed by atoms with Gasteiger partial charge in [-0.05, 0) is 50.2 Å². The Balaban J connectivity index is 1.78. The van der Waals surface area contributed by atoms with Gasteiger partial charge in [0.1, 0.15) is 5.75 Å². The molecule has 3 rings (SSSR count). The number of piperazine rings is 1. The zero-order valence-electron chi connectivity index (χ0n) is 18.5. The fourth-order valence-electron chi connectivity index (χ4n) is 3.58. The third-order valence-corrected chi connectivity index (χ3v) is 7.15. The molecular weight excluding hydrogens is 459 g/mol. The standard InChI is InChI=1S/C22H26F3N3O4S/c1-15(2)26-21(29)19-14-18(7-8-20(19)32-3)33(30,31)28-11-9-27(10-12-28)17-6-4-5-16(13-17)22(23,24)25/h4-8,13-15H,9-12H2,1-3H3,(H,26,29). The van der Waals surface area contributed by atoms with Crippen molar-refractivity contribution in [1.82, 2.24) is 9.62 Å². The van der Waals surface area contributed by atoms with E-state index in [-0.39, 0.29) is 48.4 Å². The van der Waals surface area contributed by atoms with Crippen LogP contribution in [0.4, 0.5) is 18.9 Å². The average Bonchev–Trinajstić information content (AvgIpc) is 2.77. The smallest absolute Gasteiger partial charge is 0.416 e. The number of halogens is 3. The van der Waals surface area contributed by atoms with Gasteiger partial charge >= 0.3 is 6.18 Å². The van der Waals surface area contributed by atoms with Gasteiger partial charge in [0.05, 0.1) is 23.1 Å². The molecule has 1 heterocycles. The number of amides is 1. The summed E-state index contributed by atoms with van der Waals surface area (Å²) < 4.78 is 71.9. The van der Waals surface area contributed by atoms with Crippen molar-refractivity contribution in [1.29, 1.82) is 0 Å². The molecule has 0 aromatic heterocycles. The number of rotatable bonds is 6. The average molecular weight is 486 g/mol. The van der Waals surface area contributed by atoms with Crippen molar-refractivity contribution in [3.63, 3.8) is 0 Å². The second-order valence-electron chi connectivity index (χ2n) is 7.93. The SMILES string of the molecule is COc1ccc(S(=O)(=O)N2CCN(c3cccc(C(F)(F)F)c3)CC2)cc1C(=O)NC(C)C. The lowest BCUT2D eigenvalue weighted by Crippen LogP contribution is -2.48. The van der Waals surface area contributed by atoms with Gasteiger partial charge in [0.25, 0.3) is 5.91 Å². The summed E-state index contributed by atoms with van der Waals surface area (Å²) in [5, 5.41) is 2.72. The number of benzene rings is 2. The highest BCUT2D eigenvalue weighted by Gasteiger charge is 2.33. The van der Waals surface area contributed by atoms with E-state index in [9.17, 15) is 26.4 Å². The molecule has 1 fully saturated rings. The molecular formula is C22H26F3N3O4S. The van der Waals surface area contributed by atoms with Crippen molar-refractivity contribution < 1.29 is 31.1 Å². The van der Waals surface area contributed by atoms with Crippen LogP contribution in [0.3, 0.4) is 0 Å². The maximum Gasteiger partial charge on any atom is 0.416 e. The van der Waals surface area contributed by atoms with Crippen molar-refractivity contribution in [2.45, 2.75) is 31.0 Å².